The molecule has 1 aliphatic rings. The fourth-order valence-electron chi connectivity index (χ4n) is 1.34. The Bertz CT molecular complexity index is 431. The summed E-state index contributed by atoms with van der Waals surface area (Å²) in [7, 11) is 0. The molecule has 6 heteroatoms. The van der Waals surface area contributed by atoms with Gasteiger partial charge in [0.15, 0.2) is 6.29 Å². The third-order valence-electron chi connectivity index (χ3n) is 2.23. The number of aldehydes is 1. The van der Waals surface area contributed by atoms with E-state index in [1.165, 1.54) is 6.07 Å². The lowest BCUT2D eigenvalue weighted by Gasteiger charge is -2.25. The number of hydrogen-bond acceptors (Lipinski definition) is 5. The van der Waals surface area contributed by atoms with E-state index in [4.69, 9.17) is 4.74 Å². The number of hydrogen-bond donors (Lipinski definition) is 0. The van der Waals surface area contributed by atoms with Crippen LogP contribution in [0, 0.1) is 10.1 Å². The molecule has 1 aromatic carbocycles. The summed E-state index contributed by atoms with van der Waals surface area (Å²) in [5.41, 5.74) is -0.0283. The number of carbonyl (C=O) groups is 1. The summed E-state index contributed by atoms with van der Waals surface area (Å²) in [4.78, 5) is 21.6. The van der Waals surface area contributed by atoms with Gasteiger partial charge in [-0.05, 0) is 12.1 Å². The van der Waals surface area contributed by atoms with Crippen molar-refractivity contribution >= 4 is 23.7 Å². The van der Waals surface area contributed by atoms with E-state index in [0.717, 1.165) is 4.90 Å². The topological polar surface area (TPSA) is 69.4 Å². The van der Waals surface area contributed by atoms with Crippen LogP contribution in [0.15, 0.2) is 23.1 Å². The average molecular weight is 239 g/mol. The molecule has 0 bridgehead atoms. The normalized spacial score (nSPS) is 15.5. The molecular formula is C10H9NO4S. The first-order chi connectivity index (χ1) is 7.70. The van der Waals surface area contributed by atoms with Gasteiger partial charge in [-0.3, -0.25) is 14.9 Å². The first kappa shape index (κ1) is 11.1. The molecule has 0 spiro atoms. The Hall–Kier alpha value is -1.40. The fraction of sp³-hybridized carbons (Fsp3) is 0.300. The van der Waals surface area contributed by atoms with Gasteiger partial charge in [0.1, 0.15) is 0 Å². The van der Waals surface area contributed by atoms with Crippen LogP contribution in [0.3, 0.4) is 0 Å². The van der Waals surface area contributed by atoms with Gasteiger partial charge >= 0.3 is 0 Å². The fourth-order valence-corrected chi connectivity index (χ4v) is 2.40. The largest absolute Gasteiger partial charge is 0.379 e. The van der Waals surface area contributed by atoms with E-state index in [2.05, 4.69) is 0 Å². The summed E-state index contributed by atoms with van der Waals surface area (Å²) in [6.45, 7) is 1.39. The van der Waals surface area contributed by atoms with Gasteiger partial charge in [0, 0.05) is 11.0 Å². The summed E-state index contributed by atoms with van der Waals surface area (Å²) < 4.78 is 5.03. The molecule has 2 rings (SSSR count). The Morgan fingerprint density at radius 1 is 1.50 bits per heavy atom. The lowest BCUT2D eigenvalue weighted by atomic mass is 10.2. The minimum absolute atomic E-state index is 0.121. The average Bonchev–Trinajstić information content (AvgIpc) is 2.23. The number of rotatable bonds is 4. The molecular weight excluding hydrogens is 230 g/mol. The molecule has 1 saturated heterocycles. The quantitative estimate of drug-likeness (QED) is 0.456. The molecule has 0 unspecified atom stereocenters. The Morgan fingerprint density at radius 3 is 2.75 bits per heavy atom. The van der Waals surface area contributed by atoms with E-state index in [1.54, 1.807) is 23.9 Å². The van der Waals surface area contributed by atoms with Crippen LogP contribution >= 0.6 is 11.8 Å². The number of nitrogens with zero attached hydrogens (tertiary/aromatic N) is 1. The van der Waals surface area contributed by atoms with Crippen molar-refractivity contribution in [2.24, 2.45) is 0 Å². The van der Waals surface area contributed by atoms with Crippen molar-refractivity contribution in [2.75, 3.05) is 13.2 Å². The van der Waals surface area contributed by atoms with Crippen LogP contribution in [-0.2, 0) is 4.74 Å². The van der Waals surface area contributed by atoms with Crippen molar-refractivity contribution in [2.45, 2.75) is 10.1 Å². The van der Waals surface area contributed by atoms with Crippen LogP contribution in [0.25, 0.3) is 0 Å². The Balaban J connectivity index is 2.21. The first-order valence-corrected chi connectivity index (χ1v) is 5.56. The minimum Gasteiger partial charge on any atom is -0.379 e. The van der Waals surface area contributed by atoms with Gasteiger partial charge in [0.05, 0.1) is 29.0 Å². The van der Waals surface area contributed by atoms with Gasteiger partial charge in [0.25, 0.3) is 5.69 Å². The molecule has 0 aromatic heterocycles. The number of nitro benzene ring substituents is 1. The van der Waals surface area contributed by atoms with E-state index >= 15 is 0 Å². The second kappa shape index (κ2) is 4.63. The Morgan fingerprint density at radius 2 is 2.25 bits per heavy atom. The molecule has 1 fully saturated rings. The SMILES string of the molecule is O=Cc1cc(SC2COC2)ccc1[N+](=O)[O-]. The highest BCUT2D eigenvalue weighted by Gasteiger charge is 2.21. The van der Waals surface area contributed by atoms with E-state index in [9.17, 15) is 14.9 Å². The second-order valence-corrected chi connectivity index (χ2v) is 4.75. The summed E-state index contributed by atoms with van der Waals surface area (Å²) in [6.07, 6.45) is 0.513. The van der Waals surface area contributed by atoms with Crippen molar-refractivity contribution in [1.82, 2.24) is 0 Å². The highest BCUT2D eigenvalue weighted by molar-refractivity contribution is 8.00. The molecule has 0 aliphatic carbocycles. The van der Waals surface area contributed by atoms with E-state index in [-0.39, 0.29) is 11.3 Å². The first-order valence-electron chi connectivity index (χ1n) is 4.68. The second-order valence-electron chi connectivity index (χ2n) is 3.37. The van der Waals surface area contributed by atoms with Crippen molar-refractivity contribution < 1.29 is 14.5 Å². The Labute approximate surface area is 95.9 Å². The monoisotopic (exact) mass is 239 g/mol. The minimum atomic E-state index is -0.551. The molecule has 16 heavy (non-hydrogen) atoms. The van der Waals surface area contributed by atoms with Crippen LogP contribution < -0.4 is 0 Å². The predicted molar refractivity (Wildman–Crippen MR) is 58.9 cm³/mol. The zero-order valence-electron chi connectivity index (χ0n) is 8.29. The third kappa shape index (κ3) is 2.23. The third-order valence-corrected chi connectivity index (χ3v) is 3.36. The smallest absolute Gasteiger partial charge is 0.279 e. The van der Waals surface area contributed by atoms with Crippen molar-refractivity contribution in [3.05, 3.63) is 33.9 Å². The maximum absolute atomic E-state index is 10.7. The molecule has 1 aliphatic heterocycles. The molecule has 0 N–H and O–H groups in total. The molecule has 1 heterocycles. The standard InChI is InChI=1S/C10H9NO4S/c12-4-7-3-8(16-9-5-15-6-9)1-2-10(7)11(13)14/h1-4,9H,5-6H2. The number of ether oxygens (including phenoxy) is 1. The number of benzene rings is 1. The molecule has 0 radical (unpaired) electrons. The maximum Gasteiger partial charge on any atom is 0.279 e. The number of thioether (sulfide) groups is 1. The molecule has 5 nitrogen and oxygen atoms in total. The van der Waals surface area contributed by atoms with E-state index in [1.807, 2.05) is 0 Å². The lowest BCUT2D eigenvalue weighted by molar-refractivity contribution is -0.385. The lowest BCUT2D eigenvalue weighted by Crippen LogP contribution is -2.30. The number of carbonyl (C=O) groups excluding carboxylic acids is 1. The van der Waals surface area contributed by atoms with Gasteiger partial charge in [-0.1, -0.05) is 0 Å². The van der Waals surface area contributed by atoms with Crippen LogP contribution in [0.1, 0.15) is 10.4 Å². The number of nitro groups is 1. The molecule has 84 valence electrons. The van der Waals surface area contributed by atoms with Crippen molar-refractivity contribution in [3.8, 4) is 0 Å². The summed E-state index contributed by atoms with van der Waals surface area (Å²) in [5, 5.41) is 11.0. The van der Waals surface area contributed by atoms with Gasteiger partial charge in [0.2, 0.25) is 0 Å². The highest BCUT2D eigenvalue weighted by Crippen LogP contribution is 2.30. The van der Waals surface area contributed by atoms with Gasteiger partial charge in [-0.15, -0.1) is 11.8 Å². The van der Waals surface area contributed by atoms with Crippen LogP contribution in [-0.4, -0.2) is 29.7 Å². The van der Waals surface area contributed by atoms with E-state index in [0.29, 0.717) is 24.7 Å². The summed E-state index contributed by atoms with van der Waals surface area (Å²) >= 11 is 1.57. The highest BCUT2D eigenvalue weighted by atomic mass is 32.2. The van der Waals surface area contributed by atoms with Crippen LogP contribution in [0.4, 0.5) is 5.69 Å². The van der Waals surface area contributed by atoms with Gasteiger partial charge in [-0.2, -0.15) is 0 Å². The van der Waals surface area contributed by atoms with Crippen molar-refractivity contribution in [1.29, 1.82) is 0 Å². The summed E-state index contributed by atoms with van der Waals surface area (Å²) in [5.74, 6) is 0. The Kier molecular flexibility index (Phi) is 3.21. The maximum atomic E-state index is 10.7. The van der Waals surface area contributed by atoms with Crippen LogP contribution in [0.5, 0.6) is 0 Å². The molecule has 0 amide bonds. The van der Waals surface area contributed by atoms with Crippen molar-refractivity contribution in [3.63, 3.8) is 0 Å². The summed E-state index contributed by atoms with van der Waals surface area (Å²) in [6, 6.07) is 4.58. The molecule has 0 saturated carbocycles. The van der Waals surface area contributed by atoms with Gasteiger partial charge in [-0.25, -0.2) is 0 Å². The molecule has 1 aromatic rings. The zero-order valence-corrected chi connectivity index (χ0v) is 9.11. The van der Waals surface area contributed by atoms with E-state index < -0.39 is 4.92 Å². The van der Waals surface area contributed by atoms with Gasteiger partial charge < -0.3 is 4.74 Å². The van der Waals surface area contributed by atoms with Crippen LogP contribution in [0.2, 0.25) is 0 Å². The molecule has 0 atom stereocenters. The predicted octanol–water partition coefficient (Wildman–Crippen LogP) is 1.90. The zero-order chi connectivity index (χ0) is 11.5.